The Morgan fingerprint density at radius 1 is 0.938 bits per heavy atom. The number of nitrogens with zero attached hydrogens (tertiary/aromatic N) is 2. The molecule has 1 fully saturated rings. The van der Waals surface area contributed by atoms with Crippen LogP contribution in [0.2, 0.25) is 5.02 Å². The molecule has 2 aromatic carbocycles. The van der Waals surface area contributed by atoms with E-state index in [-0.39, 0.29) is 22.9 Å². The molecule has 0 spiro atoms. The minimum Gasteiger partial charge on any atom is -0.493 e. The number of halogens is 1. The molecule has 12 heteroatoms. The molecule has 1 aliphatic rings. The molecule has 2 aromatic rings. The van der Waals surface area contributed by atoms with E-state index in [2.05, 4.69) is 9.62 Å². The highest BCUT2D eigenvalue weighted by Crippen LogP contribution is 2.29. The van der Waals surface area contributed by atoms with Gasteiger partial charge in [-0.3, -0.25) is 0 Å². The van der Waals surface area contributed by atoms with Crippen LogP contribution in [-0.4, -0.2) is 73.8 Å². The molecule has 0 aliphatic carbocycles. The van der Waals surface area contributed by atoms with Gasteiger partial charge in [-0.15, -0.1) is 0 Å². The predicted octanol–water partition coefficient (Wildman–Crippen LogP) is 1.79. The van der Waals surface area contributed by atoms with E-state index in [9.17, 15) is 16.8 Å². The monoisotopic (exact) mass is 503 g/mol. The highest BCUT2D eigenvalue weighted by atomic mass is 35.5. The van der Waals surface area contributed by atoms with E-state index in [1.165, 1.54) is 36.7 Å². The van der Waals surface area contributed by atoms with Crippen molar-refractivity contribution in [3.05, 3.63) is 47.5 Å². The lowest BCUT2D eigenvalue weighted by atomic mass is 10.2. The normalized spacial score (nSPS) is 15.5. The molecular formula is C20H26ClN3O6S2. The fraction of sp³-hybridized carbons (Fsp3) is 0.400. The number of methoxy groups -OCH3 is 2. The van der Waals surface area contributed by atoms with Crippen molar-refractivity contribution in [2.24, 2.45) is 0 Å². The summed E-state index contributed by atoms with van der Waals surface area (Å²) in [6, 6.07) is 11.6. The van der Waals surface area contributed by atoms with E-state index >= 15 is 0 Å². The summed E-state index contributed by atoms with van der Waals surface area (Å²) >= 11 is 6.03. The van der Waals surface area contributed by atoms with E-state index in [1.54, 1.807) is 6.07 Å². The Bertz CT molecular complexity index is 1150. The number of benzene rings is 2. The van der Waals surface area contributed by atoms with E-state index in [0.717, 1.165) is 5.69 Å². The zero-order valence-corrected chi connectivity index (χ0v) is 20.2. The number of anilines is 1. The first kappa shape index (κ1) is 24.6. The van der Waals surface area contributed by atoms with Crippen molar-refractivity contribution < 1.29 is 26.3 Å². The molecule has 0 atom stereocenters. The Hall–Kier alpha value is -2.05. The first-order valence-electron chi connectivity index (χ1n) is 9.86. The van der Waals surface area contributed by atoms with Gasteiger partial charge in [-0.05, 0) is 30.3 Å². The van der Waals surface area contributed by atoms with Crippen LogP contribution < -0.4 is 19.1 Å². The van der Waals surface area contributed by atoms with Crippen molar-refractivity contribution in [2.75, 3.05) is 57.6 Å². The minimum atomic E-state index is -3.91. The van der Waals surface area contributed by atoms with Gasteiger partial charge >= 0.3 is 0 Å². The minimum absolute atomic E-state index is 0.0392. The van der Waals surface area contributed by atoms with Crippen LogP contribution in [0.1, 0.15) is 0 Å². The topological polar surface area (TPSA) is 105 Å². The summed E-state index contributed by atoms with van der Waals surface area (Å²) in [5, 5.41) is 0.624. The Morgan fingerprint density at radius 2 is 1.62 bits per heavy atom. The van der Waals surface area contributed by atoms with Crippen LogP contribution in [0.15, 0.2) is 47.4 Å². The van der Waals surface area contributed by atoms with Crippen molar-refractivity contribution >= 4 is 37.3 Å². The molecule has 1 aliphatic heterocycles. The van der Waals surface area contributed by atoms with E-state index < -0.39 is 20.0 Å². The maximum Gasteiger partial charge on any atom is 0.240 e. The van der Waals surface area contributed by atoms with Crippen LogP contribution >= 0.6 is 11.6 Å². The summed E-state index contributed by atoms with van der Waals surface area (Å²) in [6.07, 6.45) is 0. The summed E-state index contributed by atoms with van der Waals surface area (Å²) in [7, 11) is -4.67. The van der Waals surface area contributed by atoms with Crippen molar-refractivity contribution in [1.82, 2.24) is 9.03 Å². The smallest absolute Gasteiger partial charge is 0.240 e. The lowest BCUT2D eigenvalue weighted by Gasteiger charge is -2.35. The zero-order valence-electron chi connectivity index (χ0n) is 17.8. The van der Waals surface area contributed by atoms with Gasteiger partial charge in [0.1, 0.15) is 0 Å². The van der Waals surface area contributed by atoms with Gasteiger partial charge in [-0.25, -0.2) is 21.6 Å². The van der Waals surface area contributed by atoms with Gasteiger partial charge in [0, 0.05) is 49.5 Å². The van der Waals surface area contributed by atoms with Crippen LogP contribution in [0.3, 0.4) is 0 Å². The lowest BCUT2D eigenvalue weighted by molar-refractivity contribution is 0.354. The Kier molecular flexibility index (Phi) is 7.88. The molecule has 176 valence electrons. The molecule has 3 rings (SSSR count). The average Bonchev–Trinajstić information content (AvgIpc) is 2.78. The van der Waals surface area contributed by atoms with Gasteiger partial charge < -0.3 is 14.4 Å². The Labute approximate surface area is 194 Å². The summed E-state index contributed by atoms with van der Waals surface area (Å²) < 4.78 is 64.5. The van der Waals surface area contributed by atoms with Crippen LogP contribution in [0, 0.1) is 0 Å². The van der Waals surface area contributed by atoms with Gasteiger partial charge in [-0.1, -0.05) is 17.7 Å². The van der Waals surface area contributed by atoms with Crippen molar-refractivity contribution in [1.29, 1.82) is 0 Å². The SMILES string of the molecule is COc1ccc(S(=O)(=O)NCCS(=O)(=O)N2CCN(c3cccc(Cl)c3)CC2)cc1OC. The third-order valence-corrected chi connectivity index (χ3v) is 8.69. The van der Waals surface area contributed by atoms with Crippen molar-refractivity contribution in [3.8, 4) is 11.5 Å². The fourth-order valence-electron chi connectivity index (χ4n) is 3.40. The molecule has 0 amide bonds. The molecule has 1 saturated heterocycles. The molecule has 0 saturated carbocycles. The number of sulfonamides is 2. The average molecular weight is 504 g/mol. The van der Waals surface area contributed by atoms with Gasteiger partial charge in [0.25, 0.3) is 0 Å². The number of nitrogens with one attached hydrogen (secondary N) is 1. The van der Waals surface area contributed by atoms with E-state index in [0.29, 0.717) is 37.0 Å². The first-order valence-corrected chi connectivity index (χ1v) is 13.3. The summed E-state index contributed by atoms with van der Waals surface area (Å²) in [6.45, 7) is 1.44. The predicted molar refractivity (Wildman–Crippen MR) is 124 cm³/mol. The largest absolute Gasteiger partial charge is 0.493 e. The molecule has 1 N–H and O–H groups in total. The molecule has 0 bridgehead atoms. The maximum absolute atomic E-state index is 12.7. The van der Waals surface area contributed by atoms with Gasteiger partial charge in [0.2, 0.25) is 20.0 Å². The van der Waals surface area contributed by atoms with E-state index in [1.807, 2.05) is 18.2 Å². The third kappa shape index (κ3) is 5.84. The van der Waals surface area contributed by atoms with Gasteiger partial charge in [-0.2, -0.15) is 4.31 Å². The third-order valence-electron chi connectivity index (χ3n) is 5.12. The molecule has 0 aromatic heterocycles. The Balaban J connectivity index is 1.56. The molecule has 0 unspecified atom stereocenters. The second kappa shape index (κ2) is 10.3. The second-order valence-corrected chi connectivity index (χ2v) is 11.4. The number of piperazine rings is 1. The molecule has 32 heavy (non-hydrogen) atoms. The van der Waals surface area contributed by atoms with Crippen molar-refractivity contribution in [2.45, 2.75) is 4.90 Å². The molecule has 1 heterocycles. The molecule has 0 radical (unpaired) electrons. The second-order valence-electron chi connectivity index (χ2n) is 7.10. The zero-order chi connectivity index (χ0) is 23.4. The molecular weight excluding hydrogens is 478 g/mol. The number of hydrogen-bond donors (Lipinski definition) is 1. The van der Waals surface area contributed by atoms with Crippen LogP contribution in [0.25, 0.3) is 0 Å². The highest BCUT2D eigenvalue weighted by Gasteiger charge is 2.27. The number of ether oxygens (including phenoxy) is 2. The van der Waals surface area contributed by atoms with Crippen molar-refractivity contribution in [3.63, 3.8) is 0 Å². The number of rotatable bonds is 9. The summed E-state index contributed by atoms with van der Waals surface area (Å²) in [4.78, 5) is 2.03. The summed E-state index contributed by atoms with van der Waals surface area (Å²) in [5.74, 6) is 0.322. The summed E-state index contributed by atoms with van der Waals surface area (Å²) in [5.41, 5.74) is 0.942. The van der Waals surface area contributed by atoms with Crippen LogP contribution in [0.4, 0.5) is 5.69 Å². The van der Waals surface area contributed by atoms with Crippen LogP contribution in [0.5, 0.6) is 11.5 Å². The van der Waals surface area contributed by atoms with Gasteiger partial charge in [0.15, 0.2) is 11.5 Å². The highest BCUT2D eigenvalue weighted by molar-refractivity contribution is 7.90. The van der Waals surface area contributed by atoms with Crippen LogP contribution in [-0.2, 0) is 20.0 Å². The maximum atomic E-state index is 12.7. The standard InChI is InChI=1S/C20H26ClN3O6S2/c1-29-19-7-6-18(15-20(19)30-2)32(27,28)22-8-13-31(25,26)24-11-9-23(10-12-24)17-5-3-4-16(21)14-17/h3-7,14-15,22H,8-13H2,1-2H3. The first-order chi connectivity index (χ1) is 15.2. The van der Waals surface area contributed by atoms with Gasteiger partial charge in [0.05, 0.1) is 24.9 Å². The number of hydrogen-bond acceptors (Lipinski definition) is 7. The molecule has 9 nitrogen and oxygen atoms in total. The lowest BCUT2D eigenvalue weighted by Crippen LogP contribution is -2.50. The van der Waals surface area contributed by atoms with E-state index in [4.69, 9.17) is 21.1 Å². The fourth-order valence-corrected chi connectivity index (χ4v) is 6.10. The quantitative estimate of drug-likeness (QED) is 0.556. The Morgan fingerprint density at radius 3 is 2.25 bits per heavy atom.